The molecule has 2 amide bonds. The summed E-state index contributed by atoms with van der Waals surface area (Å²) in [4.78, 5) is 15.6. The fourth-order valence-corrected chi connectivity index (χ4v) is 1.68. The number of benzene rings is 1. The average Bonchev–Trinajstić information content (AvgIpc) is 2.47. The van der Waals surface area contributed by atoms with Crippen LogP contribution in [0, 0.1) is 12.7 Å². The quantitative estimate of drug-likeness (QED) is 0.899. The molecule has 0 atom stereocenters. The first-order valence-corrected chi connectivity index (χ1v) is 6.31. The highest BCUT2D eigenvalue weighted by molar-refractivity contribution is 5.73. The van der Waals surface area contributed by atoms with E-state index in [1.54, 1.807) is 31.5 Å². The first-order chi connectivity index (χ1) is 9.65. The lowest BCUT2D eigenvalue weighted by molar-refractivity contribution is 0.240. The highest BCUT2D eigenvalue weighted by Crippen LogP contribution is 2.08. The summed E-state index contributed by atoms with van der Waals surface area (Å²) in [7, 11) is 0. The van der Waals surface area contributed by atoms with Gasteiger partial charge in [-0.3, -0.25) is 4.98 Å². The molecule has 0 spiro atoms. The topological polar surface area (TPSA) is 54.0 Å². The molecule has 0 aliphatic rings. The van der Waals surface area contributed by atoms with Crippen LogP contribution in [0.4, 0.5) is 9.18 Å². The third kappa shape index (κ3) is 4.05. The fourth-order valence-electron chi connectivity index (χ4n) is 1.68. The van der Waals surface area contributed by atoms with E-state index in [9.17, 15) is 9.18 Å². The maximum absolute atomic E-state index is 13.3. The van der Waals surface area contributed by atoms with Crippen LogP contribution in [0.3, 0.4) is 0 Å². The molecule has 20 heavy (non-hydrogen) atoms. The second-order valence-electron chi connectivity index (χ2n) is 4.48. The Labute approximate surface area is 117 Å². The molecule has 0 fully saturated rings. The smallest absolute Gasteiger partial charge is 0.315 e. The standard InChI is InChI=1S/C15H16FN3O/c1-11-4-5-12(7-14(11)16)9-18-15(20)19-10-13-3-2-6-17-8-13/h2-8H,9-10H2,1H3,(H2,18,19,20). The second kappa shape index (κ2) is 6.65. The predicted molar refractivity (Wildman–Crippen MR) is 74.4 cm³/mol. The van der Waals surface area contributed by atoms with E-state index >= 15 is 0 Å². The number of nitrogens with one attached hydrogen (secondary N) is 2. The van der Waals surface area contributed by atoms with Crippen molar-refractivity contribution in [3.63, 3.8) is 0 Å². The number of carbonyl (C=O) groups is 1. The molecule has 0 bridgehead atoms. The minimum atomic E-state index is -0.296. The number of rotatable bonds is 4. The summed E-state index contributed by atoms with van der Waals surface area (Å²) in [6.07, 6.45) is 3.37. The van der Waals surface area contributed by atoms with Crippen molar-refractivity contribution in [3.05, 3.63) is 65.2 Å². The lowest BCUT2D eigenvalue weighted by Gasteiger charge is -2.08. The van der Waals surface area contributed by atoms with E-state index in [4.69, 9.17) is 0 Å². The van der Waals surface area contributed by atoms with Crippen molar-refractivity contribution in [1.82, 2.24) is 15.6 Å². The lowest BCUT2D eigenvalue weighted by atomic mass is 10.1. The number of aryl methyl sites for hydroxylation is 1. The minimum absolute atomic E-state index is 0.264. The number of hydrogen-bond donors (Lipinski definition) is 2. The Morgan fingerprint density at radius 2 is 1.95 bits per heavy atom. The third-order valence-corrected chi connectivity index (χ3v) is 2.87. The van der Waals surface area contributed by atoms with E-state index in [1.165, 1.54) is 6.07 Å². The summed E-state index contributed by atoms with van der Waals surface area (Å²) < 4.78 is 13.3. The van der Waals surface area contributed by atoms with Gasteiger partial charge in [-0.2, -0.15) is 0 Å². The predicted octanol–water partition coefficient (Wildman–Crippen LogP) is 2.53. The summed E-state index contributed by atoms with van der Waals surface area (Å²) >= 11 is 0. The van der Waals surface area contributed by atoms with Gasteiger partial charge in [-0.25, -0.2) is 9.18 Å². The Hall–Kier alpha value is -2.43. The van der Waals surface area contributed by atoms with Crippen molar-refractivity contribution in [3.8, 4) is 0 Å². The normalized spacial score (nSPS) is 10.1. The summed E-state index contributed by atoms with van der Waals surface area (Å²) in [6.45, 7) is 2.39. The molecule has 1 aromatic carbocycles. The van der Waals surface area contributed by atoms with Crippen LogP contribution < -0.4 is 10.6 Å². The molecule has 2 rings (SSSR count). The zero-order valence-corrected chi connectivity index (χ0v) is 11.2. The van der Waals surface area contributed by atoms with Gasteiger partial charge in [0.25, 0.3) is 0 Å². The Morgan fingerprint density at radius 3 is 2.60 bits per heavy atom. The van der Waals surface area contributed by atoms with E-state index in [1.807, 2.05) is 12.1 Å². The number of amides is 2. The van der Waals surface area contributed by atoms with Gasteiger partial charge in [0.1, 0.15) is 5.82 Å². The van der Waals surface area contributed by atoms with Crippen LogP contribution in [0.5, 0.6) is 0 Å². The molecule has 1 heterocycles. The zero-order chi connectivity index (χ0) is 14.4. The molecule has 0 saturated carbocycles. The van der Waals surface area contributed by atoms with Gasteiger partial charge in [-0.1, -0.05) is 18.2 Å². The largest absolute Gasteiger partial charge is 0.334 e. The molecule has 0 saturated heterocycles. The maximum atomic E-state index is 13.3. The molecule has 0 unspecified atom stereocenters. The summed E-state index contributed by atoms with van der Waals surface area (Å²) in [5, 5.41) is 5.39. The van der Waals surface area contributed by atoms with E-state index in [2.05, 4.69) is 15.6 Å². The maximum Gasteiger partial charge on any atom is 0.315 e. The number of urea groups is 1. The van der Waals surface area contributed by atoms with Gasteiger partial charge in [0.15, 0.2) is 0 Å². The molecular weight excluding hydrogens is 257 g/mol. The molecule has 0 aliphatic heterocycles. The van der Waals surface area contributed by atoms with Gasteiger partial charge in [0.05, 0.1) is 0 Å². The molecule has 4 nitrogen and oxygen atoms in total. The van der Waals surface area contributed by atoms with Crippen LogP contribution in [0.2, 0.25) is 0 Å². The Bertz CT molecular complexity index is 587. The molecule has 104 valence electrons. The summed E-state index contributed by atoms with van der Waals surface area (Å²) in [5.41, 5.74) is 2.24. The van der Waals surface area contributed by atoms with Gasteiger partial charge in [-0.15, -0.1) is 0 Å². The summed E-state index contributed by atoms with van der Waals surface area (Å²) in [5.74, 6) is -0.264. The molecule has 5 heteroatoms. The molecule has 0 radical (unpaired) electrons. The van der Waals surface area contributed by atoms with E-state index in [0.29, 0.717) is 12.1 Å². The average molecular weight is 273 g/mol. The molecular formula is C15H16FN3O. The third-order valence-electron chi connectivity index (χ3n) is 2.87. The van der Waals surface area contributed by atoms with Crippen molar-refractivity contribution in [2.45, 2.75) is 20.0 Å². The molecule has 1 aromatic heterocycles. The van der Waals surface area contributed by atoms with Crippen molar-refractivity contribution in [2.75, 3.05) is 0 Å². The van der Waals surface area contributed by atoms with E-state index < -0.39 is 0 Å². The SMILES string of the molecule is Cc1ccc(CNC(=O)NCc2cccnc2)cc1F. The highest BCUT2D eigenvalue weighted by Gasteiger charge is 2.03. The van der Waals surface area contributed by atoms with Gasteiger partial charge < -0.3 is 10.6 Å². The van der Waals surface area contributed by atoms with Gasteiger partial charge in [-0.05, 0) is 35.7 Å². The van der Waals surface area contributed by atoms with Crippen LogP contribution in [0.15, 0.2) is 42.7 Å². The van der Waals surface area contributed by atoms with Gasteiger partial charge in [0.2, 0.25) is 0 Å². The number of pyridine rings is 1. The van der Waals surface area contributed by atoms with Crippen LogP contribution >= 0.6 is 0 Å². The lowest BCUT2D eigenvalue weighted by Crippen LogP contribution is -2.34. The van der Waals surface area contributed by atoms with Crippen LogP contribution in [0.25, 0.3) is 0 Å². The highest BCUT2D eigenvalue weighted by atomic mass is 19.1. The van der Waals surface area contributed by atoms with Crippen molar-refractivity contribution < 1.29 is 9.18 Å². The summed E-state index contributed by atoms with van der Waals surface area (Å²) in [6, 6.07) is 8.30. The molecule has 2 aromatic rings. The van der Waals surface area contributed by atoms with Crippen LogP contribution in [-0.2, 0) is 13.1 Å². The molecule has 2 N–H and O–H groups in total. The van der Waals surface area contributed by atoms with E-state index in [0.717, 1.165) is 11.1 Å². The number of hydrogen-bond acceptors (Lipinski definition) is 2. The molecule has 0 aliphatic carbocycles. The number of carbonyl (C=O) groups excluding carboxylic acids is 1. The first kappa shape index (κ1) is 14.0. The first-order valence-electron chi connectivity index (χ1n) is 6.31. The minimum Gasteiger partial charge on any atom is -0.334 e. The van der Waals surface area contributed by atoms with Crippen molar-refractivity contribution >= 4 is 6.03 Å². The number of nitrogens with zero attached hydrogens (tertiary/aromatic N) is 1. The van der Waals surface area contributed by atoms with Crippen LogP contribution in [0.1, 0.15) is 16.7 Å². The Balaban J connectivity index is 1.79. The van der Waals surface area contributed by atoms with Crippen molar-refractivity contribution in [2.24, 2.45) is 0 Å². The number of aromatic nitrogens is 1. The zero-order valence-electron chi connectivity index (χ0n) is 11.2. The van der Waals surface area contributed by atoms with E-state index in [-0.39, 0.29) is 18.4 Å². The van der Waals surface area contributed by atoms with Crippen LogP contribution in [-0.4, -0.2) is 11.0 Å². The monoisotopic (exact) mass is 273 g/mol. The number of halogens is 1. The van der Waals surface area contributed by atoms with Gasteiger partial charge in [0, 0.05) is 25.5 Å². The Kier molecular flexibility index (Phi) is 4.65. The Morgan fingerprint density at radius 1 is 1.20 bits per heavy atom. The van der Waals surface area contributed by atoms with Crippen molar-refractivity contribution in [1.29, 1.82) is 0 Å². The van der Waals surface area contributed by atoms with Gasteiger partial charge >= 0.3 is 6.03 Å². The fraction of sp³-hybridized carbons (Fsp3) is 0.200. The second-order valence-corrected chi connectivity index (χ2v) is 4.48.